The number of alkyl halides is 3. The molecular formula is C19H19F4N3O. The summed E-state index contributed by atoms with van der Waals surface area (Å²) in [5.41, 5.74) is 6.76. The molecule has 2 atom stereocenters. The molecule has 0 aliphatic carbocycles. The molecule has 1 saturated heterocycles. The molecule has 0 bridgehead atoms. The Bertz CT molecular complexity index is 775. The lowest BCUT2D eigenvalue weighted by atomic mass is 9.94. The third-order valence-corrected chi connectivity index (χ3v) is 4.54. The minimum absolute atomic E-state index is 0.172. The highest BCUT2D eigenvalue weighted by molar-refractivity contribution is 5.80. The van der Waals surface area contributed by atoms with Gasteiger partial charge in [-0.15, -0.1) is 0 Å². The van der Waals surface area contributed by atoms with Crippen LogP contribution in [0.3, 0.4) is 0 Å². The topological polar surface area (TPSA) is 53.2 Å². The van der Waals surface area contributed by atoms with Gasteiger partial charge in [0.15, 0.2) is 0 Å². The molecule has 2 unspecified atom stereocenters. The molecule has 27 heavy (non-hydrogen) atoms. The fourth-order valence-corrected chi connectivity index (χ4v) is 3.05. The average molecular weight is 381 g/mol. The predicted molar refractivity (Wildman–Crippen MR) is 91.9 cm³/mol. The number of hydrogen-bond donors (Lipinski definition) is 3. The van der Waals surface area contributed by atoms with E-state index >= 15 is 0 Å². The molecule has 2 aromatic carbocycles. The van der Waals surface area contributed by atoms with Crippen molar-refractivity contribution in [3.05, 3.63) is 71.0 Å². The van der Waals surface area contributed by atoms with Gasteiger partial charge in [0.05, 0.1) is 17.5 Å². The molecule has 1 aliphatic heterocycles. The number of amides is 1. The standard InChI is InChI=1S/C19H19F4N3O/c20-15-7-3-13(4-8-15)17-16(11-25-26-17)18(27)24-10-9-12-1-5-14(6-2-12)19(21,22)23/h1-8,16-17,25-26H,9-11H2,(H,24,27). The lowest BCUT2D eigenvalue weighted by Crippen LogP contribution is -2.36. The zero-order valence-electron chi connectivity index (χ0n) is 14.3. The third-order valence-electron chi connectivity index (χ3n) is 4.54. The SMILES string of the molecule is O=C(NCCc1ccc(C(F)(F)F)cc1)C1CNNC1c1ccc(F)cc1. The summed E-state index contributed by atoms with van der Waals surface area (Å²) in [6.07, 6.45) is -3.93. The van der Waals surface area contributed by atoms with E-state index < -0.39 is 11.7 Å². The first-order valence-corrected chi connectivity index (χ1v) is 8.52. The maximum Gasteiger partial charge on any atom is 0.416 e. The van der Waals surface area contributed by atoms with Crippen molar-refractivity contribution in [1.29, 1.82) is 0 Å². The van der Waals surface area contributed by atoms with E-state index in [1.165, 1.54) is 24.3 Å². The average Bonchev–Trinajstić information content (AvgIpc) is 3.12. The molecule has 0 spiro atoms. The van der Waals surface area contributed by atoms with Crippen molar-refractivity contribution >= 4 is 5.91 Å². The quantitative estimate of drug-likeness (QED) is 0.698. The number of halogens is 4. The summed E-state index contributed by atoms with van der Waals surface area (Å²) in [7, 11) is 0. The van der Waals surface area contributed by atoms with Crippen LogP contribution in [0.2, 0.25) is 0 Å². The molecule has 3 rings (SSSR count). The number of hydrogen-bond acceptors (Lipinski definition) is 3. The summed E-state index contributed by atoms with van der Waals surface area (Å²) in [6, 6.07) is 10.6. The predicted octanol–water partition coefficient (Wildman–Crippen LogP) is 2.97. The summed E-state index contributed by atoms with van der Waals surface area (Å²) in [4.78, 5) is 12.5. The first-order valence-electron chi connectivity index (χ1n) is 8.52. The van der Waals surface area contributed by atoms with E-state index in [0.717, 1.165) is 17.7 Å². The van der Waals surface area contributed by atoms with Crippen LogP contribution in [0.4, 0.5) is 17.6 Å². The van der Waals surface area contributed by atoms with Crippen LogP contribution >= 0.6 is 0 Å². The second kappa shape index (κ2) is 8.06. The van der Waals surface area contributed by atoms with E-state index in [1.54, 1.807) is 12.1 Å². The van der Waals surface area contributed by atoms with Crippen LogP contribution in [0, 0.1) is 11.7 Å². The van der Waals surface area contributed by atoms with Crippen LogP contribution < -0.4 is 16.2 Å². The summed E-state index contributed by atoms with van der Waals surface area (Å²) in [6.45, 7) is 0.741. The van der Waals surface area contributed by atoms with Crippen LogP contribution in [-0.4, -0.2) is 19.0 Å². The van der Waals surface area contributed by atoms with Gasteiger partial charge in [-0.2, -0.15) is 13.2 Å². The van der Waals surface area contributed by atoms with E-state index in [-0.39, 0.29) is 23.7 Å². The molecule has 1 amide bonds. The number of rotatable bonds is 5. The van der Waals surface area contributed by atoms with Crippen LogP contribution in [0.1, 0.15) is 22.7 Å². The largest absolute Gasteiger partial charge is 0.416 e. The van der Waals surface area contributed by atoms with E-state index in [0.29, 0.717) is 25.1 Å². The van der Waals surface area contributed by atoms with Gasteiger partial charge in [-0.1, -0.05) is 24.3 Å². The van der Waals surface area contributed by atoms with Crippen LogP contribution in [0.5, 0.6) is 0 Å². The summed E-state index contributed by atoms with van der Waals surface area (Å²) in [5, 5.41) is 2.81. The van der Waals surface area contributed by atoms with Crippen molar-refractivity contribution in [3.8, 4) is 0 Å². The van der Waals surface area contributed by atoms with Gasteiger partial charge < -0.3 is 5.32 Å². The molecule has 0 saturated carbocycles. The second-order valence-electron chi connectivity index (χ2n) is 6.40. The van der Waals surface area contributed by atoms with Gasteiger partial charge in [-0.25, -0.2) is 9.82 Å². The zero-order chi connectivity index (χ0) is 19.4. The highest BCUT2D eigenvalue weighted by Gasteiger charge is 2.33. The molecule has 0 radical (unpaired) electrons. The number of carbonyl (C=O) groups excluding carboxylic acids is 1. The second-order valence-corrected chi connectivity index (χ2v) is 6.40. The molecule has 8 heteroatoms. The Morgan fingerprint density at radius 3 is 2.37 bits per heavy atom. The maximum absolute atomic E-state index is 13.1. The van der Waals surface area contributed by atoms with Crippen molar-refractivity contribution in [3.63, 3.8) is 0 Å². The molecule has 1 heterocycles. The minimum atomic E-state index is -4.36. The van der Waals surface area contributed by atoms with Crippen LogP contribution in [-0.2, 0) is 17.4 Å². The van der Waals surface area contributed by atoms with E-state index in [2.05, 4.69) is 16.2 Å². The van der Waals surface area contributed by atoms with Crippen molar-refractivity contribution in [2.45, 2.75) is 18.6 Å². The van der Waals surface area contributed by atoms with Crippen molar-refractivity contribution in [2.24, 2.45) is 5.92 Å². The molecule has 1 aliphatic rings. The molecule has 3 N–H and O–H groups in total. The normalized spacial score (nSPS) is 19.9. The summed E-state index contributed by atoms with van der Waals surface area (Å²) < 4.78 is 50.7. The van der Waals surface area contributed by atoms with Crippen LogP contribution in [0.15, 0.2) is 48.5 Å². The fourth-order valence-electron chi connectivity index (χ4n) is 3.05. The molecule has 4 nitrogen and oxygen atoms in total. The molecule has 1 fully saturated rings. The number of nitrogens with one attached hydrogen (secondary N) is 3. The van der Waals surface area contributed by atoms with Gasteiger partial charge >= 0.3 is 6.18 Å². The molecule has 2 aromatic rings. The lowest BCUT2D eigenvalue weighted by molar-refractivity contribution is -0.137. The number of benzene rings is 2. The number of carbonyl (C=O) groups is 1. The molecule has 0 aromatic heterocycles. The smallest absolute Gasteiger partial charge is 0.355 e. The van der Waals surface area contributed by atoms with E-state index in [1.807, 2.05) is 0 Å². The van der Waals surface area contributed by atoms with Crippen LogP contribution in [0.25, 0.3) is 0 Å². The first-order chi connectivity index (χ1) is 12.8. The Balaban J connectivity index is 1.53. The van der Waals surface area contributed by atoms with Gasteiger partial charge in [0.2, 0.25) is 5.91 Å². The van der Waals surface area contributed by atoms with Crippen molar-refractivity contribution in [2.75, 3.05) is 13.1 Å². The maximum atomic E-state index is 13.1. The van der Waals surface area contributed by atoms with Gasteiger partial charge in [-0.05, 0) is 41.8 Å². The highest BCUT2D eigenvalue weighted by Crippen LogP contribution is 2.29. The van der Waals surface area contributed by atoms with Gasteiger partial charge in [-0.3, -0.25) is 10.2 Å². The third kappa shape index (κ3) is 4.84. The summed E-state index contributed by atoms with van der Waals surface area (Å²) >= 11 is 0. The lowest BCUT2D eigenvalue weighted by Gasteiger charge is -2.18. The Hall–Kier alpha value is -2.45. The van der Waals surface area contributed by atoms with E-state index in [9.17, 15) is 22.4 Å². The van der Waals surface area contributed by atoms with Crippen molar-refractivity contribution in [1.82, 2.24) is 16.2 Å². The Kier molecular flexibility index (Phi) is 5.76. The Labute approximate surface area is 153 Å². The minimum Gasteiger partial charge on any atom is -0.355 e. The van der Waals surface area contributed by atoms with Gasteiger partial charge in [0, 0.05) is 13.1 Å². The van der Waals surface area contributed by atoms with E-state index in [4.69, 9.17) is 0 Å². The van der Waals surface area contributed by atoms with Gasteiger partial charge in [0.25, 0.3) is 0 Å². The zero-order valence-corrected chi connectivity index (χ0v) is 14.3. The van der Waals surface area contributed by atoms with Crippen molar-refractivity contribution < 1.29 is 22.4 Å². The fraction of sp³-hybridized carbons (Fsp3) is 0.316. The Morgan fingerprint density at radius 1 is 1.07 bits per heavy atom. The number of hydrazine groups is 1. The highest BCUT2D eigenvalue weighted by atomic mass is 19.4. The Morgan fingerprint density at radius 2 is 1.74 bits per heavy atom. The molecular weight excluding hydrogens is 362 g/mol. The first kappa shape index (κ1) is 19.3. The van der Waals surface area contributed by atoms with Gasteiger partial charge in [0.1, 0.15) is 5.82 Å². The monoisotopic (exact) mass is 381 g/mol. The molecule has 144 valence electrons. The summed E-state index contributed by atoms with van der Waals surface area (Å²) in [5.74, 6) is -0.890.